The molecule has 104 valence electrons. The molecule has 0 amide bonds. The second-order valence-corrected chi connectivity index (χ2v) is 6.79. The second kappa shape index (κ2) is 5.52. The molecule has 0 bridgehead atoms. The van der Waals surface area contributed by atoms with E-state index in [1.54, 1.807) is 0 Å². The quantitative estimate of drug-likeness (QED) is 0.770. The van der Waals surface area contributed by atoms with Crippen LogP contribution >= 0.6 is 22.7 Å². The third-order valence-corrected chi connectivity index (χ3v) is 5.62. The van der Waals surface area contributed by atoms with E-state index in [2.05, 4.69) is 48.4 Å². The first-order valence-electron chi connectivity index (χ1n) is 6.53. The Labute approximate surface area is 125 Å². The Morgan fingerprint density at radius 2 is 2.15 bits per heavy atom. The molecule has 3 nitrogen and oxygen atoms in total. The Kier molecular flexibility index (Phi) is 3.74. The fraction of sp³-hybridized carbons (Fsp3) is 0.267. The van der Waals surface area contributed by atoms with Gasteiger partial charge in [0, 0.05) is 33.2 Å². The van der Waals surface area contributed by atoms with E-state index in [9.17, 15) is 4.79 Å². The molecular formula is C15H16N2OS2. The van der Waals surface area contributed by atoms with Gasteiger partial charge < -0.3 is 10.3 Å². The summed E-state index contributed by atoms with van der Waals surface area (Å²) < 4.78 is 1.33. The molecule has 2 N–H and O–H groups in total. The normalized spacial score (nSPS) is 12.9. The lowest BCUT2D eigenvalue weighted by Crippen LogP contribution is -2.18. The Bertz CT molecular complexity index is 784. The molecule has 0 spiro atoms. The molecule has 5 heteroatoms. The summed E-state index contributed by atoms with van der Waals surface area (Å²) in [7, 11) is 0. The van der Waals surface area contributed by atoms with Gasteiger partial charge >= 0.3 is 4.87 Å². The van der Waals surface area contributed by atoms with Crippen molar-refractivity contribution in [2.75, 3.05) is 0 Å². The number of hydrogen-bond acceptors (Lipinski definition) is 4. The van der Waals surface area contributed by atoms with Gasteiger partial charge in [-0.1, -0.05) is 29.5 Å². The molecular weight excluding hydrogens is 288 g/mol. The number of aromatic nitrogens is 1. The lowest BCUT2D eigenvalue weighted by molar-refractivity contribution is 0.575. The van der Waals surface area contributed by atoms with Gasteiger partial charge in [0.15, 0.2) is 0 Å². The van der Waals surface area contributed by atoms with Crippen molar-refractivity contribution in [1.82, 2.24) is 10.3 Å². The maximum absolute atomic E-state index is 11.1. The summed E-state index contributed by atoms with van der Waals surface area (Å²) in [5.74, 6) is 0. The van der Waals surface area contributed by atoms with Gasteiger partial charge in [0.2, 0.25) is 0 Å². The van der Waals surface area contributed by atoms with Gasteiger partial charge in [0.05, 0.1) is 0 Å². The average Bonchev–Trinajstić information content (AvgIpc) is 3.01. The van der Waals surface area contributed by atoms with E-state index in [0.717, 1.165) is 5.69 Å². The summed E-state index contributed by atoms with van der Waals surface area (Å²) in [6, 6.07) is 8.78. The van der Waals surface area contributed by atoms with Crippen molar-refractivity contribution in [2.24, 2.45) is 0 Å². The van der Waals surface area contributed by atoms with E-state index in [0.29, 0.717) is 6.54 Å². The van der Waals surface area contributed by atoms with Crippen LogP contribution in [0.1, 0.15) is 29.1 Å². The summed E-state index contributed by atoms with van der Waals surface area (Å²) in [6.07, 6.45) is 0. The zero-order valence-electron chi connectivity index (χ0n) is 11.4. The maximum atomic E-state index is 11.1. The average molecular weight is 304 g/mol. The number of aromatic amines is 1. The minimum Gasteiger partial charge on any atom is -0.315 e. The summed E-state index contributed by atoms with van der Waals surface area (Å²) in [5, 5.41) is 6.69. The topological polar surface area (TPSA) is 44.9 Å². The highest BCUT2D eigenvalue weighted by Crippen LogP contribution is 2.34. The molecule has 2 aromatic heterocycles. The smallest absolute Gasteiger partial charge is 0.304 e. The van der Waals surface area contributed by atoms with Gasteiger partial charge in [-0.2, -0.15) is 0 Å². The summed E-state index contributed by atoms with van der Waals surface area (Å²) in [6.45, 7) is 5.04. The number of thiophene rings is 1. The number of aryl methyl sites for hydroxylation is 1. The van der Waals surface area contributed by atoms with Gasteiger partial charge in [0.1, 0.15) is 0 Å². The summed E-state index contributed by atoms with van der Waals surface area (Å²) in [5.41, 5.74) is 2.30. The second-order valence-electron chi connectivity index (χ2n) is 4.86. The Balaban J connectivity index is 1.80. The van der Waals surface area contributed by atoms with Crippen molar-refractivity contribution in [3.63, 3.8) is 0 Å². The predicted molar refractivity (Wildman–Crippen MR) is 86.8 cm³/mol. The Morgan fingerprint density at radius 3 is 2.85 bits per heavy atom. The van der Waals surface area contributed by atoms with Crippen molar-refractivity contribution in [2.45, 2.75) is 26.4 Å². The Hall–Kier alpha value is -1.43. The number of rotatable bonds is 4. The number of thiazole rings is 1. The zero-order chi connectivity index (χ0) is 14.1. The number of fused-ring (bicyclic) bond motifs is 1. The predicted octanol–water partition coefficient (Wildman–Crippen LogP) is 3.81. The van der Waals surface area contributed by atoms with Crippen LogP contribution in [-0.2, 0) is 6.54 Å². The van der Waals surface area contributed by atoms with Crippen molar-refractivity contribution < 1.29 is 0 Å². The molecule has 0 radical (unpaired) electrons. The first-order chi connectivity index (χ1) is 9.65. The SMILES string of the molecule is Cc1c(C(C)NCc2csc(=O)[nH]2)sc2ccccc12. The molecule has 20 heavy (non-hydrogen) atoms. The first kappa shape index (κ1) is 13.5. The molecule has 2 heterocycles. The summed E-state index contributed by atoms with van der Waals surface area (Å²) >= 11 is 3.05. The number of H-pyrrole nitrogens is 1. The van der Waals surface area contributed by atoms with Crippen LogP contribution in [0.5, 0.6) is 0 Å². The molecule has 1 atom stereocenters. The van der Waals surface area contributed by atoms with Gasteiger partial charge in [0.25, 0.3) is 0 Å². The van der Waals surface area contributed by atoms with Crippen molar-refractivity contribution in [1.29, 1.82) is 0 Å². The fourth-order valence-corrected chi connectivity index (χ4v) is 4.18. The monoisotopic (exact) mass is 304 g/mol. The highest BCUT2D eigenvalue weighted by atomic mass is 32.1. The number of benzene rings is 1. The van der Waals surface area contributed by atoms with E-state index in [4.69, 9.17) is 0 Å². The van der Waals surface area contributed by atoms with Crippen molar-refractivity contribution >= 4 is 32.8 Å². The first-order valence-corrected chi connectivity index (χ1v) is 8.23. The van der Waals surface area contributed by atoms with Crippen LogP contribution in [0.15, 0.2) is 34.4 Å². The molecule has 0 saturated heterocycles. The summed E-state index contributed by atoms with van der Waals surface area (Å²) in [4.78, 5) is 15.3. The van der Waals surface area contributed by atoms with E-state index in [1.165, 1.54) is 31.9 Å². The molecule has 3 aromatic rings. The fourth-order valence-electron chi connectivity index (χ4n) is 2.36. The van der Waals surface area contributed by atoms with Crippen molar-refractivity contribution in [3.05, 3.63) is 55.4 Å². The zero-order valence-corrected chi connectivity index (χ0v) is 13.0. The van der Waals surface area contributed by atoms with Gasteiger partial charge in [-0.05, 0) is 30.9 Å². The number of nitrogens with one attached hydrogen (secondary N) is 2. The van der Waals surface area contributed by atoms with E-state index in [-0.39, 0.29) is 10.9 Å². The van der Waals surface area contributed by atoms with Gasteiger partial charge in [-0.3, -0.25) is 4.79 Å². The lowest BCUT2D eigenvalue weighted by atomic mass is 10.1. The maximum Gasteiger partial charge on any atom is 0.304 e. The van der Waals surface area contributed by atoms with E-state index in [1.807, 2.05) is 16.7 Å². The molecule has 0 aliphatic rings. The molecule has 0 aliphatic carbocycles. The van der Waals surface area contributed by atoms with Crippen LogP contribution in [0.2, 0.25) is 0 Å². The van der Waals surface area contributed by atoms with Gasteiger partial charge in [-0.15, -0.1) is 11.3 Å². The van der Waals surface area contributed by atoms with Gasteiger partial charge in [-0.25, -0.2) is 0 Å². The van der Waals surface area contributed by atoms with Crippen LogP contribution < -0.4 is 10.2 Å². The highest BCUT2D eigenvalue weighted by Gasteiger charge is 2.14. The number of hydrogen-bond donors (Lipinski definition) is 2. The van der Waals surface area contributed by atoms with Crippen LogP contribution in [0, 0.1) is 6.92 Å². The highest BCUT2D eigenvalue weighted by molar-refractivity contribution is 7.19. The van der Waals surface area contributed by atoms with Crippen LogP contribution in [0.3, 0.4) is 0 Å². The van der Waals surface area contributed by atoms with E-state index >= 15 is 0 Å². The van der Waals surface area contributed by atoms with Crippen LogP contribution in [0.4, 0.5) is 0 Å². The standard InChI is InChI=1S/C15H16N2OS2/c1-9-12-5-3-4-6-13(12)20-14(9)10(2)16-7-11-8-19-15(18)17-11/h3-6,8,10,16H,7H2,1-2H3,(H,17,18). The van der Waals surface area contributed by atoms with Crippen LogP contribution in [-0.4, -0.2) is 4.98 Å². The minimum atomic E-state index is 0.00694. The van der Waals surface area contributed by atoms with Crippen molar-refractivity contribution in [3.8, 4) is 0 Å². The molecule has 3 rings (SSSR count). The Morgan fingerprint density at radius 1 is 1.35 bits per heavy atom. The lowest BCUT2D eigenvalue weighted by Gasteiger charge is -2.12. The molecule has 1 unspecified atom stereocenters. The molecule has 1 aromatic carbocycles. The molecule has 0 saturated carbocycles. The molecule has 0 fully saturated rings. The molecule has 0 aliphatic heterocycles. The van der Waals surface area contributed by atoms with Crippen LogP contribution in [0.25, 0.3) is 10.1 Å². The van der Waals surface area contributed by atoms with E-state index < -0.39 is 0 Å². The minimum absolute atomic E-state index is 0.00694. The largest absolute Gasteiger partial charge is 0.315 e. The third-order valence-electron chi connectivity index (χ3n) is 3.44. The third kappa shape index (κ3) is 2.57.